The molecular formula is C19H26F2N2OS. The van der Waals surface area contributed by atoms with Crippen molar-refractivity contribution in [2.24, 2.45) is 5.92 Å². The predicted octanol–water partition coefficient (Wildman–Crippen LogP) is 4.26. The highest BCUT2D eigenvalue weighted by molar-refractivity contribution is 7.10. The van der Waals surface area contributed by atoms with Crippen molar-refractivity contribution in [3.8, 4) is 0 Å². The topological polar surface area (TPSA) is 32.3 Å². The smallest absolute Gasteiger partial charge is 0.254 e. The maximum absolute atomic E-state index is 14.3. The Balaban J connectivity index is 1.51. The molecule has 1 amide bonds. The van der Waals surface area contributed by atoms with E-state index in [1.807, 2.05) is 11.4 Å². The minimum Gasteiger partial charge on any atom is -0.335 e. The summed E-state index contributed by atoms with van der Waals surface area (Å²) in [6.45, 7) is 2.24. The molecule has 2 saturated heterocycles. The minimum atomic E-state index is -2.61. The van der Waals surface area contributed by atoms with Crippen molar-refractivity contribution in [1.29, 1.82) is 0 Å². The molecule has 0 aromatic carbocycles. The first-order chi connectivity index (χ1) is 12.1. The highest BCUT2D eigenvalue weighted by Gasteiger charge is 2.51. The van der Waals surface area contributed by atoms with Crippen molar-refractivity contribution in [3.63, 3.8) is 0 Å². The summed E-state index contributed by atoms with van der Waals surface area (Å²) in [6.07, 6.45) is 5.10. The van der Waals surface area contributed by atoms with Crippen LogP contribution in [0.2, 0.25) is 0 Å². The fourth-order valence-corrected chi connectivity index (χ4v) is 5.86. The third-order valence-corrected chi connectivity index (χ3v) is 7.32. The number of rotatable bonds is 2. The lowest BCUT2D eigenvalue weighted by molar-refractivity contribution is -0.133. The molecule has 6 heteroatoms. The third kappa shape index (κ3) is 3.35. The Morgan fingerprint density at radius 3 is 2.76 bits per heavy atom. The second kappa shape index (κ2) is 6.95. The van der Waals surface area contributed by atoms with Crippen LogP contribution in [0.4, 0.5) is 8.78 Å². The molecule has 0 bridgehead atoms. The van der Waals surface area contributed by atoms with Crippen molar-refractivity contribution < 1.29 is 13.6 Å². The molecule has 2 aliphatic heterocycles. The lowest BCUT2D eigenvalue weighted by atomic mass is 9.75. The fourth-order valence-electron chi connectivity index (χ4n) is 4.80. The molecule has 2 unspecified atom stereocenters. The summed E-state index contributed by atoms with van der Waals surface area (Å²) in [5, 5.41) is 5.30. The molecule has 2 atom stereocenters. The predicted molar refractivity (Wildman–Crippen MR) is 95.5 cm³/mol. The molecule has 1 N–H and O–H groups in total. The van der Waals surface area contributed by atoms with Crippen molar-refractivity contribution >= 4 is 17.2 Å². The van der Waals surface area contributed by atoms with E-state index in [0.29, 0.717) is 17.9 Å². The second-order valence-electron chi connectivity index (χ2n) is 7.73. The van der Waals surface area contributed by atoms with Gasteiger partial charge < -0.3 is 10.2 Å². The quantitative estimate of drug-likeness (QED) is 0.846. The van der Waals surface area contributed by atoms with E-state index in [0.717, 1.165) is 45.2 Å². The highest BCUT2D eigenvalue weighted by atomic mass is 32.1. The van der Waals surface area contributed by atoms with Crippen LogP contribution in [0.3, 0.4) is 0 Å². The van der Waals surface area contributed by atoms with Crippen molar-refractivity contribution in [2.45, 2.75) is 62.8 Å². The van der Waals surface area contributed by atoms with Gasteiger partial charge in [-0.3, -0.25) is 4.79 Å². The van der Waals surface area contributed by atoms with Crippen LogP contribution >= 0.6 is 11.3 Å². The van der Waals surface area contributed by atoms with E-state index in [9.17, 15) is 13.6 Å². The van der Waals surface area contributed by atoms with Gasteiger partial charge in [-0.15, -0.1) is 11.3 Å². The van der Waals surface area contributed by atoms with E-state index in [1.165, 1.54) is 4.88 Å². The zero-order valence-electron chi connectivity index (χ0n) is 14.5. The number of thiophene rings is 1. The third-order valence-electron chi connectivity index (χ3n) is 6.23. The largest absolute Gasteiger partial charge is 0.335 e. The maximum atomic E-state index is 14.3. The van der Waals surface area contributed by atoms with E-state index in [-0.39, 0.29) is 24.9 Å². The molecule has 1 aliphatic carbocycles. The summed E-state index contributed by atoms with van der Waals surface area (Å²) in [4.78, 5) is 16.1. The van der Waals surface area contributed by atoms with Gasteiger partial charge >= 0.3 is 0 Å². The Kier molecular flexibility index (Phi) is 4.84. The van der Waals surface area contributed by atoms with Crippen LogP contribution in [0.1, 0.15) is 66.1 Å². The van der Waals surface area contributed by atoms with Crippen LogP contribution in [0.15, 0.2) is 11.4 Å². The van der Waals surface area contributed by atoms with E-state index in [1.54, 1.807) is 16.2 Å². The first-order valence-corrected chi connectivity index (χ1v) is 10.4. The molecule has 3 nitrogen and oxygen atoms in total. The normalized spacial score (nSPS) is 30.1. The van der Waals surface area contributed by atoms with Gasteiger partial charge in [0.25, 0.3) is 11.8 Å². The average Bonchev–Trinajstić information content (AvgIpc) is 3.12. The van der Waals surface area contributed by atoms with Crippen LogP contribution in [0, 0.1) is 5.92 Å². The van der Waals surface area contributed by atoms with Gasteiger partial charge in [0.15, 0.2) is 0 Å². The van der Waals surface area contributed by atoms with Crippen molar-refractivity contribution in [1.82, 2.24) is 10.2 Å². The zero-order valence-corrected chi connectivity index (χ0v) is 15.3. The van der Waals surface area contributed by atoms with Gasteiger partial charge in [0.2, 0.25) is 0 Å². The minimum absolute atomic E-state index is 0.0381. The highest BCUT2D eigenvalue weighted by Crippen LogP contribution is 2.45. The van der Waals surface area contributed by atoms with E-state index < -0.39 is 11.8 Å². The van der Waals surface area contributed by atoms with Crippen LogP contribution in [-0.4, -0.2) is 42.4 Å². The number of likely N-dealkylation sites (tertiary alicyclic amines) is 1. The molecule has 138 valence electrons. The van der Waals surface area contributed by atoms with Gasteiger partial charge in [0.05, 0.1) is 5.56 Å². The standard InChI is InChI=1S/C19H26F2N2OS/c20-19(21)7-10-23(16-4-2-1-3-15(16)19)18(24)14-11-17(25-12-14)13-5-8-22-9-6-13/h11-13,15-16,22H,1-10H2. The average molecular weight is 368 g/mol. The van der Waals surface area contributed by atoms with Crippen LogP contribution in [-0.2, 0) is 0 Å². The number of hydrogen-bond donors (Lipinski definition) is 1. The molecule has 4 rings (SSSR count). The van der Waals surface area contributed by atoms with Crippen LogP contribution < -0.4 is 5.32 Å². The fraction of sp³-hybridized carbons (Fsp3) is 0.737. The summed E-state index contributed by atoms with van der Waals surface area (Å²) in [7, 11) is 0. The first kappa shape index (κ1) is 17.4. The van der Waals surface area contributed by atoms with Gasteiger partial charge in [0.1, 0.15) is 0 Å². The number of piperidine rings is 2. The second-order valence-corrected chi connectivity index (χ2v) is 8.67. The molecule has 3 fully saturated rings. The first-order valence-electron chi connectivity index (χ1n) is 9.54. The summed E-state index contributed by atoms with van der Waals surface area (Å²) in [5.41, 5.74) is 0.702. The lowest BCUT2D eigenvalue weighted by Crippen LogP contribution is -2.57. The van der Waals surface area contributed by atoms with Gasteiger partial charge in [-0.05, 0) is 50.8 Å². The number of carbonyl (C=O) groups excluding carboxylic acids is 1. The van der Waals surface area contributed by atoms with Gasteiger partial charge in [-0.2, -0.15) is 0 Å². The summed E-state index contributed by atoms with van der Waals surface area (Å²) < 4.78 is 28.6. The SMILES string of the molecule is O=C(c1csc(C2CCNCC2)c1)N1CCC(F)(F)C2CCCCC21. The van der Waals surface area contributed by atoms with Gasteiger partial charge in [-0.25, -0.2) is 8.78 Å². The van der Waals surface area contributed by atoms with E-state index in [2.05, 4.69) is 5.32 Å². The molecule has 0 spiro atoms. The molecular weight excluding hydrogens is 342 g/mol. The molecule has 0 radical (unpaired) electrons. The number of carbonyl (C=O) groups is 1. The Bertz CT molecular complexity index is 627. The van der Waals surface area contributed by atoms with E-state index >= 15 is 0 Å². The van der Waals surface area contributed by atoms with Gasteiger partial charge in [-0.1, -0.05) is 12.8 Å². The summed E-state index contributed by atoms with van der Waals surface area (Å²) in [6, 6.07) is 1.74. The molecule has 1 aromatic heterocycles. The molecule has 1 aromatic rings. The number of nitrogens with one attached hydrogen (secondary N) is 1. The zero-order chi connectivity index (χ0) is 17.4. The van der Waals surface area contributed by atoms with Crippen LogP contribution in [0.25, 0.3) is 0 Å². The van der Waals surface area contributed by atoms with Gasteiger partial charge in [0, 0.05) is 35.2 Å². The monoisotopic (exact) mass is 368 g/mol. The molecule has 3 heterocycles. The van der Waals surface area contributed by atoms with Crippen molar-refractivity contribution in [2.75, 3.05) is 19.6 Å². The van der Waals surface area contributed by atoms with Crippen LogP contribution in [0.5, 0.6) is 0 Å². The number of fused-ring (bicyclic) bond motifs is 1. The van der Waals surface area contributed by atoms with E-state index in [4.69, 9.17) is 0 Å². The Morgan fingerprint density at radius 2 is 1.96 bits per heavy atom. The molecule has 1 saturated carbocycles. The van der Waals surface area contributed by atoms with Crippen molar-refractivity contribution in [3.05, 3.63) is 21.9 Å². The lowest BCUT2D eigenvalue weighted by Gasteiger charge is -2.47. The number of nitrogens with zero attached hydrogens (tertiary/aromatic N) is 1. The Labute approximate surface area is 151 Å². The number of amides is 1. The maximum Gasteiger partial charge on any atom is 0.254 e. The Hall–Kier alpha value is -1.01. The Morgan fingerprint density at radius 1 is 1.20 bits per heavy atom. The summed E-state index contributed by atoms with van der Waals surface area (Å²) >= 11 is 1.65. The molecule has 3 aliphatic rings. The molecule has 25 heavy (non-hydrogen) atoms. The number of alkyl halides is 2. The number of halogens is 2. The number of hydrogen-bond acceptors (Lipinski definition) is 3. The summed E-state index contributed by atoms with van der Waals surface area (Å²) in [5.74, 6) is -2.78.